The number of hydrogen-bond acceptors (Lipinski definition) is 2. The predicted octanol–water partition coefficient (Wildman–Crippen LogP) is 2.40. The van der Waals surface area contributed by atoms with E-state index in [4.69, 9.17) is 5.11 Å². The first-order valence-electron chi connectivity index (χ1n) is 5.69. The van der Waals surface area contributed by atoms with E-state index < -0.39 is 5.97 Å². The van der Waals surface area contributed by atoms with Crippen molar-refractivity contribution < 1.29 is 9.90 Å². The number of carboxylic acids is 1. The van der Waals surface area contributed by atoms with Crippen LogP contribution in [0.3, 0.4) is 0 Å². The zero-order valence-electron chi connectivity index (χ0n) is 9.73. The van der Waals surface area contributed by atoms with E-state index in [2.05, 4.69) is 11.8 Å². The van der Waals surface area contributed by atoms with Crippen LogP contribution in [0.15, 0.2) is 18.2 Å². The van der Waals surface area contributed by atoms with Crippen molar-refractivity contribution >= 4 is 11.7 Å². The minimum atomic E-state index is -0.818. The van der Waals surface area contributed by atoms with E-state index in [0.717, 1.165) is 30.6 Å². The first-order valence-corrected chi connectivity index (χ1v) is 5.69. The summed E-state index contributed by atoms with van der Waals surface area (Å²) in [5, 5.41) is 9.17. The van der Waals surface area contributed by atoms with Crippen molar-refractivity contribution in [2.45, 2.75) is 19.8 Å². The summed E-state index contributed by atoms with van der Waals surface area (Å²) in [6.45, 7) is 3.18. The first kappa shape index (κ1) is 11.0. The summed E-state index contributed by atoms with van der Waals surface area (Å²) < 4.78 is 0. The van der Waals surface area contributed by atoms with Crippen molar-refractivity contribution in [1.29, 1.82) is 0 Å². The van der Waals surface area contributed by atoms with Gasteiger partial charge in [-0.15, -0.1) is 0 Å². The normalized spacial score (nSPS) is 19.4. The van der Waals surface area contributed by atoms with Gasteiger partial charge in [0.2, 0.25) is 0 Å². The fourth-order valence-corrected chi connectivity index (χ4v) is 2.46. The number of anilines is 1. The maximum atomic E-state index is 11.2. The fourth-order valence-electron chi connectivity index (χ4n) is 2.46. The molecule has 1 unspecified atom stereocenters. The van der Waals surface area contributed by atoms with Crippen LogP contribution < -0.4 is 4.90 Å². The summed E-state index contributed by atoms with van der Waals surface area (Å²) >= 11 is 0. The Hall–Kier alpha value is -1.51. The van der Waals surface area contributed by atoms with Crippen molar-refractivity contribution in [2.75, 3.05) is 18.5 Å². The SMILES string of the molecule is CCC1Cc2c(C(=O)O)cccc2N(C)C1. The molecule has 1 N–H and O–H groups in total. The van der Waals surface area contributed by atoms with Gasteiger partial charge in [0.1, 0.15) is 0 Å². The van der Waals surface area contributed by atoms with E-state index in [1.165, 1.54) is 0 Å². The molecule has 2 rings (SSSR count). The molecule has 0 fully saturated rings. The van der Waals surface area contributed by atoms with Gasteiger partial charge in [-0.2, -0.15) is 0 Å². The summed E-state index contributed by atoms with van der Waals surface area (Å²) in [4.78, 5) is 13.3. The van der Waals surface area contributed by atoms with Crippen molar-refractivity contribution in [3.8, 4) is 0 Å². The second-order valence-electron chi connectivity index (χ2n) is 4.47. The van der Waals surface area contributed by atoms with Gasteiger partial charge in [0.25, 0.3) is 0 Å². The topological polar surface area (TPSA) is 40.5 Å². The molecule has 1 aliphatic heterocycles. The standard InChI is InChI=1S/C13H17NO2/c1-3-9-7-11-10(13(15)16)5-4-6-12(11)14(2)8-9/h4-6,9H,3,7-8H2,1-2H3,(H,15,16). The summed E-state index contributed by atoms with van der Waals surface area (Å²) in [5.74, 6) is -0.250. The number of fused-ring (bicyclic) bond motifs is 1. The fraction of sp³-hybridized carbons (Fsp3) is 0.462. The molecule has 0 aromatic heterocycles. The highest BCUT2D eigenvalue weighted by Crippen LogP contribution is 2.32. The lowest BCUT2D eigenvalue weighted by Crippen LogP contribution is -2.32. The van der Waals surface area contributed by atoms with E-state index >= 15 is 0 Å². The van der Waals surface area contributed by atoms with Crippen LogP contribution in [-0.4, -0.2) is 24.7 Å². The predicted molar refractivity (Wildman–Crippen MR) is 64.2 cm³/mol. The molecule has 0 amide bonds. The van der Waals surface area contributed by atoms with Crippen LogP contribution in [0.2, 0.25) is 0 Å². The Labute approximate surface area is 95.7 Å². The van der Waals surface area contributed by atoms with Crippen LogP contribution in [-0.2, 0) is 6.42 Å². The quantitative estimate of drug-likeness (QED) is 0.830. The Balaban J connectivity index is 2.48. The van der Waals surface area contributed by atoms with Gasteiger partial charge < -0.3 is 10.0 Å². The number of carboxylic acid groups (broad SMARTS) is 1. The van der Waals surface area contributed by atoms with Gasteiger partial charge in [0.15, 0.2) is 0 Å². The molecule has 0 radical (unpaired) electrons. The van der Waals surface area contributed by atoms with E-state index in [1.54, 1.807) is 6.07 Å². The molecular weight excluding hydrogens is 202 g/mol. The number of carbonyl (C=O) groups is 1. The average Bonchev–Trinajstić information content (AvgIpc) is 2.28. The highest BCUT2D eigenvalue weighted by Gasteiger charge is 2.24. The Morgan fingerprint density at radius 2 is 2.31 bits per heavy atom. The molecule has 3 heteroatoms. The van der Waals surface area contributed by atoms with Crippen LogP contribution in [0.4, 0.5) is 5.69 Å². The van der Waals surface area contributed by atoms with Crippen molar-refractivity contribution in [3.63, 3.8) is 0 Å². The molecule has 16 heavy (non-hydrogen) atoms. The first-order chi connectivity index (χ1) is 7.63. The lowest BCUT2D eigenvalue weighted by atomic mass is 9.88. The third-order valence-electron chi connectivity index (χ3n) is 3.40. The lowest BCUT2D eigenvalue weighted by molar-refractivity contribution is 0.0695. The van der Waals surface area contributed by atoms with Crippen LogP contribution in [0.25, 0.3) is 0 Å². The summed E-state index contributed by atoms with van der Waals surface area (Å²) in [6.07, 6.45) is 1.98. The molecular formula is C13H17NO2. The Bertz CT molecular complexity index is 414. The van der Waals surface area contributed by atoms with Crippen LogP contribution in [0.1, 0.15) is 29.3 Å². The Kier molecular flexibility index (Phi) is 2.86. The van der Waals surface area contributed by atoms with E-state index in [0.29, 0.717) is 11.5 Å². The third kappa shape index (κ3) is 1.77. The number of rotatable bonds is 2. The number of nitrogens with zero attached hydrogens (tertiary/aromatic N) is 1. The zero-order valence-corrected chi connectivity index (χ0v) is 9.73. The number of aromatic carboxylic acids is 1. The average molecular weight is 219 g/mol. The van der Waals surface area contributed by atoms with Crippen molar-refractivity contribution in [2.24, 2.45) is 5.92 Å². The Morgan fingerprint density at radius 1 is 1.56 bits per heavy atom. The summed E-state index contributed by atoms with van der Waals surface area (Å²) in [5.41, 5.74) is 2.53. The molecule has 0 bridgehead atoms. The van der Waals surface area contributed by atoms with E-state index in [1.807, 2.05) is 19.2 Å². The van der Waals surface area contributed by atoms with Gasteiger partial charge in [-0.3, -0.25) is 0 Å². The van der Waals surface area contributed by atoms with Gasteiger partial charge in [-0.25, -0.2) is 4.79 Å². The van der Waals surface area contributed by atoms with Crippen LogP contribution in [0.5, 0.6) is 0 Å². The highest BCUT2D eigenvalue weighted by atomic mass is 16.4. The van der Waals surface area contributed by atoms with Crippen molar-refractivity contribution in [3.05, 3.63) is 29.3 Å². The number of benzene rings is 1. The maximum absolute atomic E-state index is 11.2. The largest absolute Gasteiger partial charge is 0.478 e. The molecule has 1 aliphatic rings. The monoisotopic (exact) mass is 219 g/mol. The molecule has 1 heterocycles. The Morgan fingerprint density at radius 3 is 2.94 bits per heavy atom. The van der Waals surface area contributed by atoms with Crippen LogP contribution >= 0.6 is 0 Å². The van der Waals surface area contributed by atoms with E-state index in [-0.39, 0.29) is 0 Å². The third-order valence-corrected chi connectivity index (χ3v) is 3.40. The molecule has 1 aromatic carbocycles. The van der Waals surface area contributed by atoms with Gasteiger partial charge in [0, 0.05) is 19.3 Å². The molecule has 3 nitrogen and oxygen atoms in total. The molecule has 1 aromatic rings. The van der Waals surface area contributed by atoms with Gasteiger partial charge >= 0.3 is 5.97 Å². The second-order valence-corrected chi connectivity index (χ2v) is 4.47. The minimum Gasteiger partial charge on any atom is -0.478 e. The van der Waals surface area contributed by atoms with Gasteiger partial charge in [-0.05, 0) is 30.0 Å². The van der Waals surface area contributed by atoms with Crippen molar-refractivity contribution in [1.82, 2.24) is 0 Å². The van der Waals surface area contributed by atoms with Gasteiger partial charge in [0.05, 0.1) is 5.56 Å². The molecule has 1 atom stereocenters. The molecule has 0 saturated carbocycles. The summed E-state index contributed by atoms with van der Waals surface area (Å²) in [7, 11) is 2.03. The lowest BCUT2D eigenvalue weighted by Gasteiger charge is -2.33. The minimum absolute atomic E-state index is 0.461. The smallest absolute Gasteiger partial charge is 0.336 e. The number of hydrogen-bond donors (Lipinski definition) is 1. The zero-order chi connectivity index (χ0) is 11.7. The summed E-state index contributed by atoms with van der Waals surface area (Å²) in [6, 6.07) is 5.53. The molecule has 0 spiro atoms. The molecule has 0 aliphatic carbocycles. The molecule has 86 valence electrons. The van der Waals surface area contributed by atoms with E-state index in [9.17, 15) is 4.79 Å². The molecule has 0 saturated heterocycles. The van der Waals surface area contributed by atoms with Gasteiger partial charge in [-0.1, -0.05) is 19.4 Å². The van der Waals surface area contributed by atoms with Crippen LogP contribution in [0, 0.1) is 5.92 Å². The maximum Gasteiger partial charge on any atom is 0.336 e. The second kappa shape index (κ2) is 4.16. The highest BCUT2D eigenvalue weighted by molar-refractivity contribution is 5.91.